The number of rotatable bonds is 7. The molecular weight excluding hydrogens is 214 g/mol. The lowest BCUT2D eigenvalue weighted by atomic mass is 10.1. The predicted molar refractivity (Wildman–Crippen MR) is 70.1 cm³/mol. The van der Waals surface area contributed by atoms with Gasteiger partial charge in [-0.1, -0.05) is 24.8 Å². The summed E-state index contributed by atoms with van der Waals surface area (Å²) in [5.41, 5.74) is 0.867. The van der Waals surface area contributed by atoms with Crippen LogP contribution in [0.15, 0.2) is 36.9 Å². The molecule has 0 aliphatic heterocycles. The van der Waals surface area contributed by atoms with E-state index in [1.54, 1.807) is 6.08 Å². The molecule has 0 bridgehead atoms. The Labute approximate surface area is 103 Å². The third-order valence-electron chi connectivity index (χ3n) is 2.43. The second-order valence-corrected chi connectivity index (χ2v) is 4.64. The lowest BCUT2D eigenvalue weighted by Gasteiger charge is -2.23. The zero-order chi connectivity index (χ0) is 12.7. The van der Waals surface area contributed by atoms with Gasteiger partial charge in [0, 0.05) is 12.1 Å². The zero-order valence-electron chi connectivity index (χ0n) is 10.6. The van der Waals surface area contributed by atoms with Gasteiger partial charge in [-0.15, -0.1) is 0 Å². The molecule has 0 spiro atoms. The highest BCUT2D eigenvalue weighted by atomic mass is 16.5. The molecule has 0 saturated carbocycles. The van der Waals surface area contributed by atoms with Crippen molar-refractivity contribution in [2.24, 2.45) is 0 Å². The van der Waals surface area contributed by atoms with E-state index in [0.717, 1.165) is 11.3 Å². The van der Waals surface area contributed by atoms with Crippen LogP contribution >= 0.6 is 0 Å². The van der Waals surface area contributed by atoms with E-state index in [1.807, 2.05) is 38.1 Å². The number of hydrogen-bond acceptors (Lipinski definition) is 3. The lowest BCUT2D eigenvalue weighted by Crippen LogP contribution is -2.42. The van der Waals surface area contributed by atoms with Crippen LogP contribution in [-0.4, -0.2) is 23.9 Å². The Morgan fingerprint density at radius 1 is 1.47 bits per heavy atom. The average Bonchev–Trinajstić information content (AvgIpc) is 2.35. The van der Waals surface area contributed by atoms with Crippen molar-refractivity contribution in [3.8, 4) is 5.75 Å². The van der Waals surface area contributed by atoms with Crippen molar-refractivity contribution in [2.45, 2.75) is 25.9 Å². The summed E-state index contributed by atoms with van der Waals surface area (Å²) in [6.07, 6.45) is 1.72. The number of benzene rings is 1. The highest BCUT2D eigenvalue weighted by Gasteiger charge is 2.14. The van der Waals surface area contributed by atoms with Crippen molar-refractivity contribution in [1.82, 2.24) is 5.32 Å². The molecule has 0 heterocycles. The average molecular weight is 235 g/mol. The predicted octanol–water partition coefficient (Wildman–Crippen LogP) is 2.11. The minimum absolute atomic E-state index is 0.111. The fourth-order valence-corrected chi connectivity index (χ4v) is 1.30. The SMILES string of the molecule is C=CCOc1cccc(CNC(C)(C)CO)c1. The summed E-state index contributed by atoms with van der Waals surface area (Å²) in [7, 11) is 0. The summed E-state index contributed by atoms with van der Waals surface area (Å²) >= 11 is 0. The van der Waals surface area contributed by atoms with Gasteiger partial charge < -0.3 is 15.2 Å². The van der Waals surface area contributed by atoms with Gasteiger partial charge in [0.15, 0.2) is 0 Å². The van der Waals surface area contributed by atoms with Crippen LogP contribution in [-0.2, 0) is 6.54 Å². The fraction of sp³-hybridized carbons (Fsp3) is 0.429. The van der Waals surface area contributed by atoms with Crippen molar-refractivity contribution < 1.29 is 9.84 Å². The van der Waals surface area contributed by atoms with Gasteiger partial charge in [0.1, 0.15) is 12.4 Å². The number of ether oxygens (including phenoxy) is 1. The van der Waals surface area contributed by atoms with Crippen molar-refractivity contribution in [3.05, 3.63) is 42.5 Å². The summed E-state index contributed by atoms with van der Waals surface area (Å²) in [4.78, 5) is 0. The Morgan fingerprint density at radius 3 is 2.88 bits per heavy atom. The first-order chi connectivity index (χ1) is 8.07. The maximum atomic E-state index is 9.14. The quantitative estimate of drug-likeness (QED) is 0.711. The molecule has 0 aliphatic carbocycles. The zero-order valence-corrected chi connectivity index (χ0v) is 10.6. The molecule has 0 amide bonds. The maximum absolute atomic E-state index is 9.14. The highest BCUT2D eigenvalue weighted by molar-refractivity contribution is 5.28. The number of aliphatic hydroxyl groups is 1. The topological polar surface area (TPSA) is 41.5 Å². The van der Waals surface area contributed by atoms with E-state index in [2.05, 4.69) is 11.9 Å². The van der Waals surface area contributed by atoms with E-state index in [1.165, 1.54) is 0 Å². The van der Waals surface area contributed by atoms with Gasteiger partial charge in [-0.2, -0.15) is 0 Å². The van der Waals surface area contributed by atoms with Crippen molar-refractivity contribution in [2.75, 3.05) is 13.2 Å². The van der Waals surface area contributed by atoms with Gasteiger partial charge in [-0.25, -0.2) is 0 Å². The van der Waals surface area contributed by atoms with Gasteiger partial charge >= 0.3 is 0 Å². The lowest BCUT2D eigenvalue weighted by molar-refractivity contribution is 0.187. The monoisotopic (exact) mass is 235 g/mol. The second kappa shape index (κ2) is 6.42. The molecule has 94 valence electrons. The molecule has 0 aliphatic rings. The Hall–Kier alpha value is -1.32. The van der Waals surface area contributed by atoms with Crippen LogP contribution < -0.4 is 10.1 Å². The van der Waals surface area contributed by atoms with E-state index < -0.39 is 0 Å². The fourth-order valence-electron chi connectivity index (χ4n) is 1.30. The summed E-state index contributed by atoms with van der Waals surface area (Å²) in [5.74, 6) is 0.839. The van der Waals surface area contributed by atoms with Crippen LogP contribution in [0.4, 0.5) is 0 Å². The molecule has 0 saturated heterocycles. The largest absolute Gasteiger partial charge is 0.490 e. The minimum Gasteiger partial charge on any atom is -0.490 e. The van der Waals surface area contributed by atoms with Gasteiger partial charge in [0.25, 0.3) is 0 Å². The van der Waals surface area contributed by atoms with Crippen LogP contribution in [0.25, 0.3) is 0 Å². The molecule has 0 atom stereocenters. The smallest absolute Gasteiger partial charge is 0.120 e. The number of hydrogen-bond donors (Lipinski definition) is 2. The van der Waals surface area contributed by atoms with Crippen molar-refractivity contribution in [1.29, 1.82) is 0 Å². The molecule has 3 nitrogen and oxygen atoms in total. The summed E-state index contributed by atoms with van der Waals surface area (Å²) in [6.45, 7) is 8.87. The Balaban J connectivity index is 2.56. The number of nitrogens with one attached hydrogen (secondary N) is 1. The second-order valence-electron chi connectivity index (χ2n) is 4.64. The van der Waals surface area contributed by atoms with Crippen LogP contribution in [0.5, 0.6) is 5.75 Å². The summed E-state index contributed by atoms with van der Waals surface area (Å²) in [5, 5.41) is 12.4. The molecule has 0 unspecified atom stereocenters. The summed E-state index contributed by atoms with van der Waals surface area (Å²) < 4.78 is 5.46. The van der Waals surface area contributed by atoms with Crippen LogP contribution in [0.3, 0.4) is 0 Å². The van der Waals surface area contributed by atoms with Crippen LogP contribution in [0, 0.1) is 0 Å². The Kier molecular flexibility index (Phi) is 5.19. The minimum atomic E-state index is -0.266. The van der Waals surface area contributed by atoms with Gasteiger partial charge in [-0.3, -0.25) is 0 Å². The maximum Gasteiger partial charge on any atom is 0.120 e. The number of aliphatic hydroxyl groups excluding tert-OH is 1. The first-order valence-corrected chi connectivity index (χ1v) is 5.76. The van der Waals surface area contributed by atoms with E-state index in [4.69, 9.17) is 9.84 Å². The van der Waals surface area contributed by atoms with E-state index >= 15 is 0 Å². The van der Waals surface area contributed by atoms with Crippen molar-refractivity contribution in [3.63, 3.8) is 0 Å². The highest BCUT2D eigenvalue weighted by Crippen LogP contribution is 2.14. The van der Waals surface area contributed by atoms with Crippen LogP contribution in [0.2, 0.25) is 0 Å². The molecular formula is C14H21NO2. The molecule has 17 heavy (non-hydrogen) atoms. The molecule has 0 aromatic heterocycles. The van der Waals surface area contributed by atoms with E-state index in [0.29, 0.717) is 13.2 Å². The molecule has 0 radical (unpaired) electrons. The Morgan fingerprint density at radius 2 is 2.24 bits per heavy atom. The van der Waals surface area contributed by atoms with Crippen molar-refractivity contribution >= 4 is 0 Å². The van der Waals surface area contributed by atoms with Gasteiger partial charge in [0.05, 0.1) is 6.61 Å². The van der Waals surface area contributed by atoms with Gasteiger partial charge in [-0.05, 0) is 31.5 Å². The molecule has 0 fully saturated rings. The van der Waals surface area contributed by atoms with Gasteiger partial charge in [0.2, 0.25) is 0 Å². The first kappa shape index (κ1) is 13.7. The molecule has 1 aromatic rings. The normalized spacial score (nSPS) is 11.2. The third-order valence-corrected chi connectivity index (χ3v) is 2.43. The first-order valence-electron chi connectivity index (χ1n) is 5.76. The molecule has 3 heteroatoms. The molecule has 2 N–H and O–H groups in total. The molecule has 1 rings (SSSR count). The van der Waals surface area contributed by atoms with E-state index in [-0.39, 0.29) is 12.1 Å². The standard InChI is InChI=1S/C14H21NO2/c1-4-8-17-13-7-5-6-12(9-13)10-15-14(2,3)11-16/h4-7,9,15-16H,1,8,10-11H2,2-3H3. The third kappa shape index (κ3) is 5.02. The molecule has 1 aromatic carbocycles. The van der Waals surface area contributed by atoms with Crippen LogP contribution in [0.1, 0.15) is 19.4 Å². The Bertz CT molecular complexity index is 361. The van der Waals surface area contributed by atoms with E-state index in [9.17, 15) is 0 Å². The summed E-state index contributed by atoms with van der Waals surface area (Å²) in [6, 6.07) is 7.90.